The predicted molar refractivity (Wildman–Crippen MR) is 110 cm³/mol. The topological polar surface area (TPSA) is 132 Å². The first-order valence-electron chi connectivity index (χ1n) is 8.79. The molecule has 30 heavy (non-hydrogen) atoms. The molecule has 0 aliphatic carbocycles. The molecule has 0 saturated heterocycles. The highest BCUT2D eigenvalue weighted by Crippen LogP contribution is 2.22. The minimum absolute atomic E-state index is 0.0151. The molecule has 0 bridgehead atoms. The number of thioether (sulfide) groups is 1. The maximum atomic E-state index is 12.1. The Labute approximate surface area is 175 Å². The monoisotopic (exact) mass is 426 g/mol. The number of nitro groups is 1. The number of hydrogen-bond donors (Lipinski definition) is 2. The van der Waals surface area contributed by atoms with Crippen molar-refractivity contribution in [3.05, 3.63) is 75.6 Å². The molecule has 1 aromatic heterocycles. The number of aromatic nitrogens is 3. The highest BCUT2D eigenvalue weighted by atomic mass is 32.2. The fourth-order valence-corrected chi connectivity index (χ4v) is 3.41. The van der Waals surface area contributed by atoms with Crippen molar-refractivity contribution < 1.29 is 14.5 Å². The lowest BCUT2D eigenvalue weighted by Crippen LogP contribution is -2.42. The van der Waals surface area contributed by atoms with E-state index in [2.05, 4.69) is 21.0 Å². The fourth-order valence-electron chi connectivity index (χ4n) is 2.69. The quantitative estimate of drug-likeness (QED) is 0.351. The standard InChI is InChI=1S/C19H18N6O4S/c1-12-6-7-16(13(2)8-12)24-11-20-23-19(24)30-10-17(26)21-22-18(27)14-4-3-5-15(9-14)25(28)29/h3-9,11H,10H2,1-2H3,(H,21,26)(H,22,27). The van der Waals surface area contributed by atoms with E-state index < -0.39 is 16.7 Å². The van der Waals surface area contributed by atoms with Gasteiger partial charge in [-0.2, -0.15) is 0 Å². The van der Waals surface area contributed by atoms with Gasteiger partial charge in [-0.25, -0.2) is 0 Å². The molecule has 10 nitrogen and oxygen atoms in total. The number of rotatable bonds is 6. The van der Waals surface area contributed by atoms with Crippen LogP contribution < -0.4 is 10.9 Å². The van der Waals surface area contributed by atoms with E-state index in [-0.39, 0.29) is 17.0 Å². The molecule has 11 heteroatoms. The number of aryl methyl sites for hydroxylation is 2. The third kappa shape index (κ3) is 5.00. The Morgan fingerprint density at radius 3 is 2.70 bits per heavy atom. The zero-order valence-corrected chi connectivity index (χ0v) is 17.0. The van der Waals surface area contributed by atoms with Gasteiger partial charge in [0.25, 0.3) is 11.6 Å². The molecule has 3 aromatic rings. The second-order valence-electron chi connectivity index (χ2n) is 6.37. The maximum Gasteiger partial charge on any atom is 0.270 e. The third-order valence-corrected chi connectivity index (χ3v) is 5.04. The molecule has 0 spiro atoms. The molecule has 0 atom stereocenters. The van der Waals surface area contributed by atoms with Crippen molar-refractivity contribution >= 4 is 29.3 Å². The summed E-state index contributed by atoms with van der Waals surface area (Å²) >= 11 is 1.16. The number of carbonyl (C=O) groups excluding carboxylic acids is 2. The minimum atomic E-state index is -0.657. The molecule has 154 valence electrons. The first-order valence-corrected chi connectivity index (χ1v) is 9.78. The predicted octanol–water partition coefficient (Wildman–Crippen LogP) is 2.35. The van der Waals surface area contributed by atoms with Gasteiger partial charge in [-0.05, 0) is 31.5 Å². The van der Waals surface area contributed by atoms with E-state index in [9.17, 15) is 19.7 Å². The van der Waals surface area contributed by atoms with E-state index in [1.54, 1.807) is 10.9 Å². The van der Waals surface area contributed by atoms with Crippen LogP contribution in [0, 0.1) is 24.0 Å². The molecular formula is C19H18N6O4S. The first-order chi connectivity index (χ1) is 14.3. The van der Waals surface area contributed by atoms with Gasteiger partial charge in [-0.15, -0.1) is 10.2 Å². The molecule has 2 aromatic carbocycles. The Balaban J connectivity index is 1.57. The smallest absolute Gasteiger partial charge is 0.270 e. The molecule has 0 radical (unpaired) electrons. The zero-order valence-electron chi connectivity index (χ0n) is 16.2. The molecular weight excluding hydrogens is 408 g/mol. The normalized spacial score (nSPS) is 10.5. The number of hydrogen-bond acceptors (Lipinski definition) is 7. The molecule has 2 N–H and O–H groups in total. The number of nitrogens with one attached hydrogen (secondary N) is 2. The van der Waals surface area contributed by atoms with Crippen LogP contribution >= 0.6 is 11.8 Å². The Morgan fingerprint density at radius 2 is 1.97 bits per heavy atom. The fraction of sp³-hybridized carbons (Fsp3) is 0.158. The van der Waals surface area contributed by atoms with Gasteiger partial charge >= 0.3 is 0 Å². The van der Waals surface area contributed by atoms with Crippen molar-refractivity contribution in [2.75, 3.05) is 5.75 Å². The molecule has 0 aliphatic rings. The Hall–Kier alpha value is -3.73. The van der Waals surface area contributed by atoms with Gasteiger partial charge in [-0.3, -0.25) is 35.1 Å². The van der Waals surface area contributed by atoms with Crippen LogP contribution in [-0.2, 0) is 4.79 Å². The van der Waals surface area contributed by atoms with Gasteiger partial charge in [0.1, 0.15) is 6.33 Å². The minimum Gasteiger partial charge on any atom is -0.276 e. The summed E-state index contributed by atoms with van der Waals surface area (Å²) in [6, 6.07) is 11.2. The van der Waals surface area contributed by atoms with E-state index in [4.69, 9.17) is 0 Å². The van der Waals surface area contributed by atoms with E-state index in [0.717, 1.165) is 34.6 Å². The lowest BCUT2D eigenvalue weighted by Gasteiger charge is -2.10. The van der Waals surface area contributed by atoms with Crippen molar-refractivity contribution in [2.24, 2.45) is 0 Å². The van der Waals surface area contributed by atoms with Crippen molar-refractivity contribution in [1.29, 1.82) is 0 Å². The van der Waals surface area contributed by atoms with E-state index in [1.807, 2.05) is 32.0 Å². The summed E-state index contributed by atoms with van der Waals surface area (Å²) in [5.41, 5.74) is 7.46. The molecule has 0 fully saturated rings. The third-order valence-electron chi connectivity index (χ3n) is 4.10. The summed E-state index contributed by atoms with van der Waals surface area (Å²) in [5, 5.41) is 19.3. The zero-order chi connectivity index (χ0) is 21.7. The van der Waals surface area contributed by atoms with Crippen LogP contribution in [0.2, 0.25) is 0 Å². The van der Waals surface area contributed by atoms with Gasteiger partial charge in [0, 0.05) is 17.7 Å². The second-order valence-corrected chi connectivity index (χ2v) is 7.31. The van der Waals surface area contributed by atoms with Crippen molar-refractivity contribution in [3.8, 4) is 5.69 Å². The number of benzene rings is 2. The number of carbonyl (C=O) groups is 2. The first kappa shape index (κ1) is 21.0. The maximum absolute atomic E-state index is 12.1. The highest BCUT2D eigenvalue weighted by molar-refractivity contribution is 7.99. The molecule has 3 rings (SSSR count). The van der Waals surface area contributed by atoms with Crippen LogP contribution in [0.5, 0.6) is 0 Å². The molecule has 1 heterocycles. The summed E-state index contributed by atoms with van der Waals surface area (Å²) < 4.78 is 1.79. The van der Waals surface area contributed by atoms with Crippen molar-refractivity contribution in [3.63, 3.8) is 0 Å². The largest absolute Gasteiger partial charge is 0.276 e. The number of nitrogens with zero attached hydrogens (tertiary/aromatic N) is 4. The lowest BCUT2D eigenvalue weighted by molar-refractivity contribution is -0.384. The highest BCUT2D eigenvalue weighted by Gasteiger charge is 2.14. The Kier molecular flexibility index (Phi) is 6.42. The average molecular weight is 426 g/mol. The summed E-state index contributed by atoms with van der Waals surface area (Å²) in [7, 11) is 0. The Bertz CT molecular complexity index is 1110. The van der Waals surface area contributed by atoms with Crippen LogP contribution in [0.4, 0.5) is 5.69 Å². The second kappa shape index (κ2) is 9.18. The molecule has 0 saturated carbocycles. The van der Waals surface area contributed by atoms with Gasteiger partial charge in [0.15, 0.2) is 5.16 Å². The molecule has 2 amide bonds. The summed E-state index contributed by atoms with van der Waals surface area (Å²) in [6.07, 6.45) is 1.57. The van der Waals surface area contributed by atoms with Gasteiger partial charge in [-0.1, -0.05) is 35.5 Å². The van der Waals surface area contributed by atoms with Crippen LogP contribution in [0.25, 0.3) is 5.69 Å². The number of hydrazine groups is 1. The summed E-state index contributed by atoms with van der Waals surface area (Å²) in [6.45, 7) is 3.98. The lowest BCUT2D eigenvalue weighted by atomic mass is 10.1. The van der Waals surface area contributed by atoms with E-state index >= 15 is 0 Å². The van der Waals surface area contributed by atoms with Crippen LogP contribution in [0.3, 0.4) is 0 Å². The van der Waals surface area contributed by atoms with Crippen molar-refractivity contribution in [1.82, 2.24) is 25.6 Å². The summed E-state index contributed by atoms with van der Waals surface area (Å²) in [4.78, 5) is 34.4. The molecule has 0 aliphatic heterocycles. The van der Waals surface area contributed by atoms with E-state index in [1.165, 1.54) is 18.2 Å². The van der Waals surface area contributed by atoms with Crippen LogP contribution in [-0.4, -0.2) is 37.3 Å². The van der Waals surface area contributed by atoms with Crippen molar-refractivity contribution in [2.45, 2.75) is 19.0 Å². The van der Waals surface area contributed by atoms with Gasteiger partial charge < -0.3 is 0 Å². The average Bonchev–Trinajstić information content (AvgIpc) is 3.18. The summed E-state index contributed by atoms with van der Waals surface area (Å²) in [5.74, 6) is -1.14. The van der Waals surface area contributed by atoms with Gasteiger partial charge in [0.2, 0.25) is 5.91 Å². The molecule has 0 unspecified atom stereocenters. The van der Waals surface area contributed by atoms with Gasteiger partial charge in [0.05, 0.1) is 16.4 Å². The SMILES string of the molecule is Cc1ccc(-n2cnnc2SCC(=O)NNC(=O)c2cccc([N+](=O)[O-])c2)c(C)c1. The van der Waals surface area contributed by atoms with Crippen LogP contribution in [0.15, 0.2) is 53.9 Å². The van der Waals surface area contributed by atoms with Crippen LogP contribution in [0.1, 0.15) is 21.5 Å². The van der Waals surface area contributed by atoms with E-state index in [0.29, 0.717) is 5.16 Å². The number of amides is 2. The number of nitro benzene ring substituents is 1. The number of non-ortho nitro benzene ring substituents is 1. The Morgan fingerprint density at radius 1 is 1.17 bits per heavy atom.